The van der Waals surface area contributed by atoms with Gasteiger partial charge in [-0.3, -0.25) is 4.79 Å². The van der Waals surface area contributed by atoms with Gasteiger partial charge in [0, 0.05) is 24.7 Å². The van der Waals surface area contributed by atoms with Gasteiger partial charge in [-0.25, -0.2) is 14.5 Å². The summed E-state index contributed by atoms with van der Waals surface area (Å²) in [4.78, 5) is 21.8. The number of amides is 1. The minimum atomic E-state index is -0.287. The van der Waals surface area contributed by atoms with Crippen LogP contribution >= 0.6 is 0 Å². The second-order valence-electron chi connectivity index (χ2n) is 7.73. The van der Waals surface area contributed by atoms with Gasteiger partial charge in [0.2, 0.25) is 5.91 Å². The van der Waals surface area contributed by atoms with Crippen molar-refractivity contribution < 1.29 is 14.3 Å². The van der Waals surface area contributed by atoms with Gasteiger partial charge in [-0.1, -0.05) is 6.42 Å². The zero-order chi connectivity index (χ0) is 21.1. The number of rotatable bonds is 6. The van der Waals surface area contributed by atoms with Crippen LogP contribution in [-0.2, 0) is 9.53 Å². The van der Waals surface area contributed by atoms with Crippen LogP contribution in [-0.4, -0.2) is 45.8 Å². The van der Waals surface area contributed by atoms with Gasteiger partial charge in [0.1, 0.15) is 12.1 Å². The van der Waals surface area contributed by atoms with Gasteiger partial charge in [0.05, 0.1) is 24.9 Å². The van der Waals surface area contributed by atoms with Crippen LogP contribution in [0.5, 0.6) is 5.75 Å². The van der Waals surface area contributed by atoms with Crippen LogP contribution in [0.25, 0.3) is 16.9 Å². The molecule has 0 bridgehead atoms. The van der Waals surface area contributed by atoms with E-state index >= 15 is 0 Å². The molecule has 8 heteroatoms. The van der Waals surface area contributed by atoms with E-state index in [1.807, 2.05) is 37.3 Å². The third kappa shape index (κ3) is 4.28. The Kier molecular flexibility index (Phi) is 5.94. The van der Waals surface area contributed by atoms with E-state index in [1.54, 1.807) is 25.1 Å². The number of nitrogens with one attached hydrogen (secondary N) is 1. The molecule has 1 fully saturated rings. The van der Waals surface area contributed by atoms with Gasteiger partial charge in [-0.05, 0) is 50.5 Å². The molecule has 158 valence electrons. The number of aromatic nitrogens is 4. The smallest absolute Gasteiger partial charge is 0.223 e. The number of nitrogens with zero attached hydrogens (tertiary/aromatic N) is 4. The van der Waals surface area contributed by atoms with E-state index in [0.29, 0.717) is 11.5 Å². The highest BCUT2D eigenvalue weighted by Crippen LogP contribution is 2.27. The average Bonchev–Trinajstić information content (AvgIpc) is 3.23. The SMILES string of the molecule is COc1ccc(-c2cc3nc([C@H](C)NC(=O)C4CCCC(OC)C4)nn3cn2)cc1. The summed E-state index contributed by atoms with van der Waals surface area (Å²) < 4.78 is 12.3. The highest BCUT2D eigenvalue weighted by Gasteiger charge is 2.28. The number of carbonyl (C=O) groups excluding carboxylic acids is 1. The van der Waals surface area contributed by atoms with Crippen LogP contribution < -0.4 is 10.1 Å². The number of benzene rings is 1. The number of ether oxygens (including phenoxy) is 2. The lowest BCUT2D eigenvalue weighted by molar-refractivity contribution is -0.128. The van der Waals surface area contributed by atoms with E-state index in [0.717, 1.165) is 42.7 Å². The van der Waals surface area contributed by atoms with Crippen LogP contribution in [0.1, 0.15) is 44.5 Å². The molecule has 2 heterocycles. The fraction of sp³-hybridized carbons (Fsp3) is 0.455. The van der Waals surface area contributed by atoms with Crippen molar-refractivity contribution in [2.75, 3.05) is 14.2 Å². The number of hydrogen-bond donors (Lipinski definition) is 1. The standard InChI is InChI=1S/C22H27N5O3/c1-14(24-22(28)16-5-4-6-18(11-16)30-3)21-25-20-12-19(23-13-27(20)26-21)15-7-9-17(29-2)10-8-15/h7-10,12-14,16,18H,4-6,11H2,1-3H3,(H,24,28)/t14-,16?,18?/m0/s1. The summed E-state index contributed by atoms with van der Waals surface area (Å²) in [6.07, 6.45) is 5.50. The lowest BCUT2D eigenvalue weighted by atomic mass is 9.86. The van der Waals surface area contributed by atoms with E-state index in [4.69, 9.17) is 9.47 Å². The van der Waals surface area contributed by atoms with Crippen molar-refractivity contribution >= 4 is 11.6 Å². The second-order valence-corrected chi connectivity index (χ2v) is 7.73. The first kappa shape index (κ1) is 20.3. The quantitative estimate of drug-likeness (QED) is 0.672. The van der Waals surface area contributed by atoms with Crippen LogP contribution in [0.15, 0.2) is 36.7 Å². The monoisotopic (exact) mass is 409 g/mol. The summed E-state index contributed by atoms with van der Waals surface area (Å²) in [7, 11) is 3.35. The number of methoxy groups -OCH3 is 2. The van der Waals surface area contributed by atoms with Crippen molar-refractivity contribution in [3.05, 3.63) is 42.5 Å². The molecule has 1 saturated carbocycles. The Morgan fingerprint density at radius 3 is 2.77 bits per heavy atom. The topological polar surface area (TPSA) is 90.6 Å². The lowest BCUT2D eigenvalue weighted by Gasteiger charge is -2.28. The average molecular weight is 409 g/mol. The zero-order valence-corrected chi connectivity index (χ0v) is 17.5. The number of hydrogen-bond acceptors (Lipinski definition) is 6. The number of carbonyl (C=O) groups is 1. The molecule has 8 nitrogen and oxygen atoms in total. The zero-order valence-electron chi connectivity index (χ0n) is 17.5. The van der Waals surface area contributed by atoms with Gasteiger partial charge in [0.25, 0.3) is 0 Å². The summed E-state index contributed by atoms with van der Waals surface area (Å²) in [5.74, 6) is 1.38. The lowest BCUT2D eigenvalue weighted by Crippen LogP contribution is -2.37. The summed E-state index contributed by atoms with van der Waals surface area (Å²) in [5, 5.41) is 7.55. The maximum absolute atomic E-state index is 12.7. The molecular weight excluding hydrogens is 382 g/mol. The van der Waals surface area contributed by atoms with Gasteiger partial charge in [0.15, 0.2) is 11.5 Å². The highest BCUT2D eigenvalue weighted by atomic mass is 16.5. The molecule has 0 spiro atoms. The molecule has 1 amide bonds. The molecule has 1 N–H and O–H groups in total. The normalized spacial score (nSPS) is 20.1. The third-order valence-electron chi connectivity index (χ3n) is 5.71. The van der Waals surface area contributed by atoms with Crippen molar-refractivity contribution in [3.8, 4) is 17.0 Å². The predicted molar refractivity (Wildman–Crippen MR) is 112 cm³/mol. The Hall–Kier alpha value is -3.00. The minimum Gasteiger partial charge on any atom is -0.497 e. The molecule has 0 aliphatic heterocycles. The summed E-state index contributed by atoms with van der Waals surface area (Å²) in [6, 6.07) is 9.30. The molecule has 3 aromatic rings. The van der Waals surface area contributed by atoms with Crippen molar-refractivity contribution in [2.24, 2.45) is 5.92 Å². The molecular formula is C22H27N5O3. The largest absolute Gasteiger partial charge is 0.497 e. The van der Waals surface area contributed by atoms with Crippen LogP contribution in [0, 0.1) is 5.92 Å². The summed E-state index contributed by atoms with van der Waals surface area (Å²) >= 11 is 0. The molecule has 2 unspecified atom stereocenters. The summed E-state index contributed by atoms with van der Waals surface area (Å²) in [5.41, 5.74) is 2.45. The Labute approximate surface area is 175 Å². The molecule has 4 rings (SSSR count). The second kappa shape index (κ2) is 8.79. The van der Waals surface area contributed by atoms with Crippen molar-refractivity contribution in [3.63, 3.8) is 0 Å². The first-order valence-electron chi connectivity index (χ1n) is 10.3. The predicted octanol–water partition coefficient (Wildman–Crippen LogP) is 3.18. The molecule has 1 aliphatic rings. The van der Waals surface area contributed by atoms with Crippen molar-refractivity contribution in [2.45, 2.75) is 44.8 Å². The molecule has 30 heavy (non-hydrogen) atoms. The molecule has 2 aromatic heterocycles. The van der Waals surface area contributed by atoms with Crippen LogP contribution in [0.2, 0.25) is 0 Å². The fourth-order valence-electron chi connectivity index (χ4n) is 3.91. The summed E-state index contributed by atoms with van der Waals surface area (Å²) in [6.45, 7) is 1.90. The maximum Gasteiger partial charge on any atom is 0.223 e. The minimum absolute atomic E-state index is 0.0217. The van der Waals surface area contributed by atoms with E-state index in [9.17, 15) is 4.79 Å². The van der Waals surface area contributed by atoms with Crippen molar-refractivity contribution in [1.82, 2.24) is 24.9 Å². The Balaban J connectivity index is 1.48. The number of fused-ring (bicyclic) bond motifs is 1. The van der Waals surface area contributed by atoms with Gasteiger partial charge >= 0.3 is 0 Å². The highest BCUT2D eigenvalue weighted by molar-refractivity contribution is 5.79. The van der Waals surface area contributed by atoms with Crippen molar-refractivity contribution in [1.29, 1.82) is 0 Å². The maximum atomic E-state index is 12.7. The molecule has 0 saturated heterocycles. The van der Waals surface area contributed by atoms with E-state index in [2.05, 4.69) is 20.4 Å². The molecule has 1 aliphatic carbocycles. The first-order chi connectivity index (χ1) is 14.6. The first-order valence-corrected chi connectivity index (χ1v) is 10.3. The van der Waals surface area contributed by atoms with Crippen LogP contribution in [0.3, 0.4) is 0 Å². The third-order valence-corrected chi connectivity index (χ3v) is 5.71. The molecule has 0 radical (unpaired) electrons. The Morgan fingerprint density at radius 2 is 2.03 bits per heavy atom. The van der Waals surface area contributed by atoms with Gasteiger partial charge in [-0.15, -0.1) is 5.10 Å². The van der Waals surface area contributed by atoms with Crippen LogP contribution in [0.4, 0.5) is 0 Å². The molecule has 1 aromatic carbocycles. The van der Waals surface area contributed by atoms with Gasteiger partial charge in [-0.2, -0.15) is 0 Å². The van der Waals surface area contributed by atoms with E-state index < -0.39 is 0 Å². The Bertz CT molecular complexity index is 1020. The fourth-order valence-corrected chi connectivity index (χ4v) is 3.91. The van der Waals surface area contributed by atoms with E-state index in [1.165, 1.54) is 0 Å². The Morgan fingerprint density at radius 1 is 1.23 bits per heavy atom. The molecule has 3 atom stereocenters. The van der Waals surface area contributed by atoms with Gasteiger partial charge < -0.3 is 14.8 Å². The van der Waals surface area contributed by atoms with E-state index in [-0.39, 0.29) is 24.0 Å².